The Morgan fingerprint density at radius 2 is 1.47 bits per heavy atom. The zero-order valence-electron chi connectivity index (χ0n) is 28.0. The Bertz CT molecular complexity index is 1830. The molecule has 0 atom stereocenters. The lowest BCUT2D eigenvalue weighted by Gasteiger charge is -2.27. The van der Waals surface area contributed by atoms with E-state index >= 15 is 0 Å². The van der Waals surface area contributed by atoms with Crippen LogP contribution >= 0.6 is 0 Å². The van der Waals surface area contributed by atoms with Gasteiger partial charge in [0.15, 0.2) is 5.75 Å². The second-order valence-corrected chi connectivity index (χ2v) is 12.7. The number of fused-ring (bicyclic) bond motifs is 1. The minimum absolute atomic E-state index is 0.223. The maximum absolute atomic E-state index is 13.6. The van der Waals surface area contributed by atoms with E-state index < -0.39 is 17.8 Å². The zero-order valence-corrected chi connectivity index (χ0v) is 28.0. The van der Waals surface area contributed by atoms with Gasteiger partial charge in [0.25, 0.3) is 0 Å². The third-order valence-corrected chi connectivity index (χ3v) is 8.14. The Hall–Kier alpha value is -5.16. The van der Waals surface area contributed by atoms with E-state index in [2.05, 4.69) is 22.0 Å². The van der Waals surface area contributed by atoms with Crippen LogP contribution in [0.3, 0.4) is 0 Å². The normalized spacial score (nSPS) is 13.2. The highest BCUT2D eigenvalue weighted by Gasteiger charge is 2.27. The number of aromatic nitrogens is 1. The molecule has 4 aromatic rings. The number of urea groups is 1. The van der Waals surface area contributed by atoms with E-state index in [0.717, 1.165) is 39.0 Å². The van der Waals surface area contributed by atoms with Crippen LogP contribution in [-0.2, 0) is 19.7 Å². The molecule has 3 N–H and O–H groups in total. The molecule has 1 aliphatic heterocycles. The molecule has 246 valence electrons. The van der Waals surface area contributed by atoms with Crippen LogP contribution in [-0.4, -0.2) is 75.2 Å². The van der Waals surface area contributed by atoms with Crippen molar-refractivity contribution in [2.75, 3.05) is 68.4 Å². The summed E-state index contributed by atoms with van der Waals surface area (Å²) in [5, 5.41) is 10.5. The molecule has 0 radical (unpaired) electrons. The third-order valence-electron chi connectivity index (χ3n) is 8.14. The molecule has 0 spiro atoms. The summed E-state index contributed by atoms with van der Waals surface area (Å²) in [6, 6.07) is 18.9. The molecule has 11 heteroatoms. The van der Waals surface area contributed by atoms with Crippen molar-refractivity contribution in [3.05, 3.63) is 71.9 Å². The van der Waals surface area contributed by atoms with Gasteiger partial charge in [-0.3, -0.25) is 9.59 Å². The Kier molecular flexibility index (Phi) is 9.67. The minimum Gasteiger partial charge on any atom is -0.492 e. The van der Waals surface area contributed by atoms with Crippen molar-refractivity contribution in [1.29, 1.82) is 0 Å². The van der Waals surface area contributed by atoms with Gasteiger partial charge in [-0.15, -0.1) is 0 Å². The molecular formula is C36H42N6O5. The molecule has 11 nitrogen and oxygen atoms in total. The van der Waals surface area contributed by atoms with E-state index in [4.69, 9.17) is 14.5 Å². The van der Waals surface area contributed by atoms with Gasteiger partial charge in [-0.2, -0.15) is 0 Å². The fourth-order valence-corrected chi connectivity index (χ4v) is 5.55. The number of aryl methyl sites for hydroxylation is 1. The predicted molar refractivity (Wildman–Crippen MR) is 187 cm³/mol. The van der Waals surface area contributed by atoms with Crippen LogP contribution in [0.2, 0.25) is 0 Å². The number of benzene rings is 3. The van der Waals surface area contributed by atoms with Crippen molar-refractivity contribution in [2.24, 2.45) is 0 Å². The van der Waals surface area contributed by atoms with Gasteiger partial charge in [0.2, 0.25) is 0 Å². The molecule has 0 aliphatic carbocycles. The monoisotopic (exact) mass is 638 g/mol. The number of carbonyl (C=O) groups excluding carboxylic acids is 3. The fraction of sp³-hybridized carbons (Fsp3) is 0.333. The second kappa shape index (κ2) is 13.7. The Morgan fingerprint density at radius 3 is 2.09 bits per heavy atom. The van der Waals surface area contributed by atoms with E-state index in [0.29, 0.717) is 37.7 Å². The molecule has 1 saturated heterocycles. The average molecular weight is 639 g/mol. The van der Waals surface area contributed by atoms with E-state index in [1.807, 2.05) is 95.2 Å². The van der Waals surface area contributed by atoms with Crippen molar-refractivity contribution >= 4 is 51.5 Å². The number of morpholine rings is 1. The second-order valence-electron chi connectivity index (χ2n) is 12.7. The van der Waals surface area contributed by atoms with E-state index in [9.17, 15) is 14.4 Å². The largest absolute Gasteiger partial charge is 0.492 e. The number of hydrogen-bond donors (Lipinski definition) is 3. The molecule has 1 aromatic heterocycles. The molecule has 3 aromatic carbocycles. The molecule has 47 heavy (non-hydrogen) atoms. The summed E-state index contributed by atoms with van der Waals surface area (Å²) in [6.07, 6.45) is 0. The van der Waals surface area contributed by atoms with Crippen LogP contribution in [0.1, 0.15) is 32.0 Å². The lowest BCUT2D eigenvalue weighted by molar-refractivity contribution is -0.145. The SMILES string of the molecule is COc1c(NC(=O)Nc2ccc(-c3ccc(N(C)C)nc3C)c3ccccc23)cc(C(C)(C)C)cc1NC(=O)C(=O)N1CCOCC1. The van der Waals surface area contributed by atoms with Crippen LogP contribution < -0.4 is 25.6 Å². The van der Waals surface area contributed by atoms with Crippen molar-refractivity contribution in [3.8, 4) is 16.9 Å². The lowest BCUT2D eigenvalue weighted by atomic mass is 9.86. The molecule has 0 bridgehead atoms. The van der Waals surface area contributed by atoms with E-state index in [1.54, 1.807) is 6.07 Å². The number of hydrogen-bond acceptors (Lipinski definition) is 7. The number of anilines is 4. The number of amides is 4. The Balaban J connectivity index is 1.44. The highest BCUT2D eigenvalue weighted by Crippen LogP contribution is 2.39. The Morgan fingerprint density at radius 1 is 0.851 bits per heavy atom. The van der Waals surface area contributed by atoms with Gasteiger partial charge in [-0.25, -0.2) is 9.78 Å². The maximum Gasteiger partial charge on any atom is 0.323 e. The first kappa shape index (κ1) is 33.2. The van der Waals surface area contributed by atoms with Crippen LogP contribution in [0.4, 0.5) is 27.7 Å². The van der Waals surface area contributed by atoms with Crippen LogP contribution in [0.5, 0.6) is 5.75 Å². The highest BCUT2D eigenvalue weighted by molar-refractivity contribution is 6.39. The molecule has 1 aliphatic rings. The molecule has 5 rings (SSSR count). The van der Waals surface area contributed by atoms with Gasteiger partial charge < -0.3 is 35.2 Å². The number of methoxy groups -OCH3 is 1. The predicted octanol–water partition coefficient (Wildman–Crippen LogP) is 6.02. The van der Waals surface area contributed by atoms with Gasteiger partial charge in [0, 0.05) is 43.8 Å². The summed E-state index contributed by atoms with van der Waals surface area (Å²) in [4.78, 5) is 47.6. The zero-order chi connectivity index (χ0) is 33.9. The van der Waals surface area contributed by atoms with Gasteiger partial charge in [-0.1, -0.05) is 51.1 Å². The molecule has 0 unspecified atom stereocenters. The van der Waals surface area contributed by atoms with E-state index in [1.165, 1.54) is 12.0 Å². The number of rotatable bonds is 6. The molecular weight excluding hydrogens is 596 g/mol. The van der Waals surface area contributed by atoms with Crippen LogP contribution in [0.15, 0.2) is 60.7 Å². The van der Waals surface area contributed by atoms with Gasteiger partial charge in [-0.05, 0) is 59.2 Å². The smallest absolute Gasteiger partial charge is 0.323 e. The van der Waals surface area contributed by atoms with Crippen molar-refractivity contribution in [3.63, 3.8) is 0 Å². The number of nitrogens with one attached hydrogen (secondary N) is 3. The third kappa shape index (κ3) is 7.30. The number of pyridine rings is 1. The summed E-state index contributed by atoms with van der Waals surface area (Å²) in [5.74, 6) is -0.345. The summed E-state index contributed by atoms with van der Waals surface area (Å²) in [5.41, 5.74) is 4.63. The first-order valence-corrected chi connectivity index (χ1v) is 15.5. The fourth-order valence-electron chi connectivity index (χ4n) is 5.55. The van der Waals surface area contributed by atoms with Crippen LogP contribution in [0.25, 0.3) is 21.9 Å². The molecule has 2 heterocycles. The first-order chi connectivity index (χ1) is 22.4. The number of nitrogens with zero attached hydrogens (tertiary/aromatic N) is 3. The van der Waals surface area contributed by atoms with Gasteiger partial charge in [0.1, 0.15) is 5.82 Å². The Labute approximate surface area is 275 Å². The highest BCUT2D eigenvalue weighted by atomic mass is 16.5. The maximum atomic E-state index is 13.6. The summed E-state index contributed by atoms with van der Waals surface area (Å²) >= 11 is 0. The van der Waals surface area contributed by atoms with Crippen molar-refractivity contribution < 1.29 is 23.9 Å². The van der Waals surface area contributed by atoms with Crippen LogP contribution in [0, 0.1) is 6.92 Å². The lowest BCUT2D eigenvalue weighted by Crippen LogP contribution is -2.45. The molecule has 1 fully saturated rings. The quantitative estimate of drug-likeness (QED) is 0.221. The number of carbonyl (C=O) groups is 3. The van der Waals surface area contributed by atoms with Gasteiger partial charge >= 0.3 is 17.8 Å². The molecule has 0 saturated carbocycles. The summed E-state index contributed by atoms with van der Waals surface area (Å²) < 4.78 is 11.0. The average Bonchev–Trinajstić information content (AvgIpc) is 3.04. The van der Waals surface area contributed by atoms with Crippen molar-refractivity contribution in [1.82, 2.24) is 9.88 Å². The molecule has 4 amide bonds. The first-order valence-electron chi connectivity index (χ1n) is 15.5. The summed E-state index contributed by atoms with van der Waals surface area (Å²) in [7, 11) is 5.37. The van der Waals surface area contributed by atoms with E-state index in [-0.39, 0.29) is 16.9 Å². The minimum atomic E-state index is -0.792. The standard InChI is InChI=1S/C36H42N6O5/c1-22-24(13-15-31(37-22)41(5)6)26-12-14-28(27-11-9-8-10-25(26)27)39-35(45)40-30-21-23(36(2,3)4)20-29(32(30)46-7)38-33(43)34(44)42-16-18-47-19-17-42/h8-15,20-21H,16-19H2,1-7H3,(H,38,43)(H2,39,40,45). The topological polar surface area (TPSA) is 125 Å². The van der Waals surface area contributed by atoms with Crippen molar-refractivity contribution in [2.45, 2.75) is 33.1 Å². The van der Waals surface area contributed by atoms with Gasteiger partial charge in [0.05, 0.1) is 37.4 Å². The summed E-state index contributed by atoms with van der Waals surface area (Å²) in [6.45, 7) is 9.48. The number of ether oxygens (including phenoxy) is 2.